The van der Waals surface area contributed by atoms with E-state index in [1.807, 2.05) is 11.8 Å². The van der Waals surface area contributed by atoms with Crippen molar-refractivity contribution in [2.45, 2.75) is 19.3 Å². The van der Waals surface area contributed by atoms with Crippen LogP contribution < -0.4 is 5.32 Å². The highest BCUT2D eigenvalue weighted by Gasteiger charge is 2.16. The summed E-state index contributed by atoms with van der Waals surface area (Å²) in [4.78, 5) is 16.3. The summed E-state index contributed by atoms with van der Waals surface area (Å²) in [6.07, 6.45) is 5.94. The Bertz CT molecular complexity index is 531. The Hall–Kier alpha value is -1.51. The van der Waals surface area contributed by atoms with Crippen molar-refractivity contribution in [1.29, 1.82) is 0 Å². The van der Waals surface area contributed by atoms with Crippen LogP contribution in [0.25, 0.3) is 0 Å². The summed E-state index contributed by atoms with van der Waals surface area (Å²) in [6.45, 7) is 0.750. The quantitative estimate of drug-likeness (QED) is 0.831. The Balaban J connectivity index is 1.96. The highest BCUT2D eigenvalue weighted by molar-refractivity contribution is 7.99. The molecule has 2 rings (SSSR count). The summed E-state index contributed by atoms with van der Waals surface area (Å²) in [5.41, 5.74) is 1.17. The molecular formula is C16H20N2O2S. The lowest BCUT2D eigenvalue weighted by molar-refractivity contribution is 0.0946. The summed E-state index contributed by atoms with van der Waals surface area (Å²) in [6, 6.07) is 1.69. The molecule has 0 bridgehead atoms. The highest BCUT2D eigenvalue weighted by atomic mass is 32.2. The van der Waals surface area contributed by atoms with E-state index in [1.165, 1.54) is 24.3 Å². The van der Waals surface area contributed by atoms with Crippen LogP contribution in [0.1, 0.15) is 35.2 Å². The van der Waals surface area contributed by atoms with Gasteiger partial charge in [0, 0.05) is 25.4 Å². The number of thioether (sulfide) groups is 1. The van der Waals surface area contributed by atoms with Crippen molar-refractivity contribution >= 4 is 17.7 Å². The van der Waals surface area contributed by atoms with Crippen LogP contribution >= 0.6 is 11.8 Å². The van der Waals surface area contributed by atoms with Gasteiger partial charge in [-0.15, -0.1) is 0 Å². The number of nitrogens with one attached hydrogen (secondary N) is 1. The van der Waals surface area contributed by atoms with E-state index in [-0.39, 0.29) is 12.5 Å². The van der Waals surface area contributed by atoms with Crippen molar-refractivity contribution in [2.24, 2.45) is 5.92 Å². The van der Waals surface area contributed by atoms with Crippen LogP contribution in [0.3, 0.4) is 0 Å². The predicted octanol–water partition coefficient (Wildman–Crippen LogP) is 1.69. The van der Waals surface area contributed by atoms with Crippen molar-refractivity contribution in [1.82, 2.24) is 10.3 Å². The number of rotatable bonds is 4. The third-order valence-electron chi connectivity index (χ3n) is 3.42. The van der Waals surface area contributed by atoms with Gasteiger partial charge in [-0.1, -0.05) is 11.8 Å². The zero-order valence-electron chi connectivity index (χ0n) is 12.0. The molecule has 21 heavy (non-hydrogen) atoms. The Kier molecular flexibility index (Phi) is 6.58. The van der Waals surface area contributed by atoms with Crippen LogP contribution in [0.5, 0.6) is 0 Å². The topological polar surface area (TPSA) is 62.2 Å². The lowest BCUT2D eigenvalue weighted by Crippen LogP contribution is -2.31. The molecule has 1 aromatic rings. The van der Waals surface area contributed by atoms with Crippen molar-refractivity contribution in [3.05, 3.63) is 29.6 Å². The first kappa shape index (κ1) is 15.9. The van der Waals surface area contributed by atoms with Crippen molar-refractivity contribution in [3.8, 4) is 11.8 Å². The zero-order chi connectivity index (χ0) is 14.9. The number of pyridine rings is 1. The minimum absolute atomic E-state index is 0.0223. The number of carbonyl (C=O) groups excluding carboxylic acids is 1. The van der Waals surface area contributed by atoms with E-state index in [2.05, 4.69) is 22.1 Å². The minimum Gasteiger partial charge on any atom is -0.395 e. The molecule has 1 fully saturated rings. The van der Waals surface area contributed by atoms with E-state index in [0.717, 1.165) is 6.54 Å². The summed E-state index contributed by atoms with van der Waals surface area (Å²) in [7, 11) is 0. The normalized spacial score (nSPS) is 15.1. The Labute approximate surface area is 129 Å². The Morgan fingerprint density at radius 2 is 2.29 bits per heavy atom. The molecule has 1 aliphatic rings. The Morgan fingerprint density at radius 3 is 3.05 bits per heavy atom. The van der Waals surface area contributed by atoms with E-state index >= 15 is 0 Å². The second-order valence-electron chi connectivity index (χ2n) is 4.96. The standard InChI is InChI=1S/C16H20N2O2S/c19-8-2-1-3-14-12-17-7-4-15(14)16(20)18-11-13-5-9-21-10-6-13/h4,7,12-13,19H,2,5-6,8-11H2,(H,18,20). The first-order valence-corrected chi connectivity index (χ1v) is 8.36. The molecule has 2 heterocycles. The van der Waals surface area contributed by atoms with Crippen LogP contribution in [-0.2, 0) is 0 Å². The molecule has 0 spiro atoms. The molecule has 0 aliphatic carbocycles. The number of amides is 1. The highest BCUT2D eigenvalue weighted by Crippen LogP contribution is 2.22. The number of hydrogen-bond acceptors (Lipinski definition) is 4. The number of hydrogen-bond donors (Lipinski definition) is 2. The van der Waals surface area contributed by atoms with Crippen molar-refractivity contribution in [2.75, 3.05) is 24.7 Å². The summed E-state index contributed by atoms with van der Waals surface area (Å²) in [5.74, 6) is 8.59. The first-order valence-electron chi connectivity index (χ1n) is 7.21. The van der Waals surface area contributed by atoms with Gasteiger partial charge in [0.25, 0.3) is 5.91 Å². The molecule has 1 saturated heterocycles. The SMILES string of the molecule is O=C(NCC1CCSCC1)c1ccncc1C#CCCO. The fraction of sp³-hybridized carbons (Fsp3) is 0.500. The van der Waals surface area contributed by atoms with Gasteiger partial charge < -0.3 is 10.4 Å². The number of aliphatic hydroxyl groups excluding tert-OH is 1. The molecule has 5 heteroatoms. The van der Waals surface area contributed by atoms with Crippen molar-refractivity contribution in [3.63, 3.8) is 0 Å². The van der Waals surface area contributed by atoms with Gasteiger partial charge in [0.05, 0.1) is 17.7 Å². The average molecular weight is 304 g/mol. The van der Waals surface area contributed by atoms with Gasteiger partial charge >= 0.3 is 0 Å². The van der Waals surface area contributed by atoms with E-state index in [9.17, 15) is 4.79 Å². The van der Waals surface area contributed by atoms with Gasteiger partial charge in [-0.2, -0.15) is 11.8 Å². The van der Waals surface area contributed by atoms with E-state index < -0.39 is 0 Å². The van der Waals surface area contributed by atoms with E-state index in [1.54, 1.807) is 18.5 Å². The summed E-state index contributed by atoms with van der Waals surface area (Å²) < 4.78 is 0. The van der Waals surface area contributed by atoms with Gasteiger partial charge in [-0.25, -0.2) is 0 Å². The smallest absolute Gasteiger partial charge is 0.252 e. The summed E-state index contributed by atoms with van der Waals surface area (Å²) in [5, 5.41) is 11.8. The molecule has 112 valence electrons. The van der Waals surface area contributed by atoms with Crippen LogP contribution in [0.4, 0.5) is 0 Å². The average Bonchev–Trinajstić information content (AvgIpc) is 2.54. The molecule has 0 saturated carbocycles. The fourth-order valence-electron chi connectivity index (χ4n) is 2.19. The molecule has 0 unspecified atom stereocenters. The molecule has 0 atom stereocenters. The molecule has 2 N–H and O–H groups in total. The molecule has 0 radical (unpaired) electrons. The third kappa shape index (κ3) is 5.07. The van der Waals surface area contributed by atoms with Crippen molar-refractivity contribution < 1.29 is 9.90 Å². The van der Waals surface area contributed by atoms with Crippen LogP contribution in [0.15, 0.2) is 18.5 Å². The molecule has 1 aromatic heterocycles. The first-order chi connectivity index (χ1) is 10.3. The van der Waals surface area contributed by atoms with E-state index in [4.69, 9.17) is 5.11 Å². The molecule has 1 aliphatic heterocycles. The molecule has 4 nitrogen and oxygen atoms in total. The number of carbonyl (C=O) groups is 1. The summed E-state index contributed by atoms with van der Waals surface area (Å²) >= 11 is 1.98. The third-order valence-corrected chi connectivity index (χ3v) is 4.47. The Morgan fingerprint density at radius 1 is 1.48 bits per heavy atom. The minimum atomic E-state index is -0.0936. The van der Waals surface area contributed by atoms with Gasteiger partial charge in [0.1, 0.15) is 0 Å². The molecule has 0 aromatic carbocycles. The maximum Gasteiger partial charge on any atom is 0.252 e. The van der Waals surface area contributed by atoms with Crippen LogP contribution in [-0.4, -0.2) is 40.7 Å². The monoisotopic (exact) mass is 304 g/mol. The number of nitrogens with zero attached hydrogens (tertiary/aromatic N) is 1. The van der Waals surface area contributed by atoms with Gasteiger partial charge in [0.2, 0.25) is 0 Å². The maximum absolute atomic E-state index is 12.3. The lowest BCUT2D eigenvalue weighted by atomic mass is 10.0. The van der Waals surface area contributed by atoms with Crippen LogP contribution in [0.2, 0.25) is 0 Å². The van der Waals surface area contributed by atoms with Gasteiger partial charge in [-0.05, 0) is 36.3 Å². The lowest BCUT2D eigenvalue weighted by Gasteiger charge is -2.21. The number of aliphatic hydroxyl groups is 1. The van der Waals surface area contributed by atoms with E-state index in [0.29, 0.717) is 23.5 Å². The molecular weight excluding hydrogens is 284 g/mol. The maximum atomic E-state index is 12.3. The second-order valence-corrected chi connectivity index (χ2v) is 6.19. The fourth-order valence-corrected chi connectivity index (χ4v) is 3.39. The molecule has 1 amide bonds. The largest absolute Gasteiger partial charge is 0.395 e. The van der Waals surface area contributed by atoms with Gasteiger partial charge in [-0.3, -0.25) is 9.78 Å². The van der Waals surface area contributed by atoms with Gasteiger partial charge in [0.15, 0.2) is 0 Å². The predicted molar refractivity (Wildman–Crippen MR) is 85.2 cm³/mol. The second kappa shape index (κ2) is 8.71. The zero-order valence-corrected chi connectivity index (χ0v) is 12.8. The number of aromatic nitrogens is 1. The van der Waals surface area contributed by atoms with Crippen LogP contribution in [0, 0.1) is 17.8 Å².